The van der Waals surface area contributed by atoms with Crippen molar-refractivity contribution in [2.45, 2.75) is 18.4 Å². The maximum Gasteiger partial charge on any atom is 0.255 e. The van der Waals surface area contributed by atoms with Crippen molar-refractivity contribution in [3.05, 3.63) is 35.6 Å². The molecule has 1 heterocycles. The number of rotatable bonds is 2. The van der Waals surface area contributed by atoms with Crippen molar-refractivity contribution in [1.82, 2.24) is 5.32 Å². The first kappa shape index (κ1) is 12.5. The Hall–Kier alpha value is -1.93. The van der Waals surface area contributed by atoms with Crippen LogP contribution in [0.1, 0.15) is 23.2 Å². The first-order valence-corrected chi connectivity index (χ1v) is 5.73. The lowest BCUT2D eigenvalue weighted by atomic mass is 9.91. The summed E-state index contributed by atoms with van der Waals surface area (Å²) in [7, 11) is 0. The van der Waals surface area contributed by atoms with E-state index in [1.807, 2.05) is 0 Å². The minimum atomic E-state index is -0.947. The van der Waals surface area contributed by atoms with Gasteiger partial charge in [0.1, 0.15) is 11.4 Å². The van der Waals surface area contributed by atoms with Crippen LogP contribution in [0, 0.1) is 17.1 Å². The van der Waals surface area contributed by atoms with Gasteiger partial charge in [-0.05, 0) is 12.1 Å². The van der Waals surface area contributed by atoms with Gasteiger partial charge in [0.15, 0.2) is 0 Å². The molecular formula is C13H13FN2O2. The second-order valence-electron chi connectivity index (χ2n) is 4.24. The summed E-state index contributed by atoms with van der Waals surface area (Å²) in [6.45, 7) is 0.843. The Labute approximate surface area is 104 Å². The highest BCUT2D eigenvalue weighted by Gasteiger charge is 2.34. The van der Waals surface area contributed by atoms with Gasteiger partial charge < -0.3 is 10.1 Å². The lowest BCUT2D eigenvalue weighted by molar-refractivity contribution is 0.0530. The van der Waals surface area contributed by atoms with Crippen LogP contribution in [0.3, 0.4) is 0 Å². The Morgan fingerprint density at radius 2 is 2.06 bits per heavy atom. The fraction of sp³-hybridized carbons (Fsp3) is 0.385. The molecule has 94 valence electrons. The first-order valence-electron chi connectivity index (χ1n) is 5.73. The van der Waals surface area contributed by atoms with Crippen LogP contribution in [0.25, 0.3) is 0 Å². The summed E-state index contributed by atoms with van der Waals surface area (Å²) >= 11 is 0. The van der Waals surface area contributed by atoms with Gasteiger partial charge in [-0.2, -0.15) is 5.26 Å². The van der Waals surface area contributed by atoms with Crippen LogP contribution in [0.15, 0.2) is 24.3 Å². The molecule has 18 heavy (non-hydrogen) atoms. The zero-order valence-electron chi connectivity index (χ0n) is 9.78. The van der Waals surface area contributed by atoms with Crippen LogP contribution in [0.5, 0.6) is 0 Å². The van der Waals surface area contributed by atoms with Crippen LogP contribution in [0.2, 0.25) is 0 Å². The number of halogens is 1. The average Bonchev–Trinajstić information content (AvgIpc) is 2.40. The molecule has 1 saturated heterocycles. The number of benzene rings is 1. The molecule has 1 aromatic rings. The molecule has 1 aromatic carbocycles. The lowest BCUT2D eigenvalue weighted by Gasteiger charge is -2.31. The molecule has 1 aliphatic heterocycles. The molecular weight excluding hydrogens is 235 g/mol. The van der Waals surface area contributed by atoms with Gasteiger partial charge in [0.05, 0.1) is 11.6 Å². The Bertz CT molecular complexity index is 490. The third-order valence-corrected chi connectivity index (χ3v) is 3.03. The molecule has 0 atom stereocenters. The zero-order valence-corrected chi connectivity index (χ0v) is 9.78. The first-order chi connectivity index (χ1) is 8.67. The summed E-state index contributed by atoms with van der Waals surface area (Å²) in [5.74, 6) is -1.15. The van der Waals surface area contributed by atoms with Crippen LogP contribution in [-0.2, 0) is 4.74 Å². The van der Waals surface area contributed by atoms with E-state index in [1.54, 1.807) is 6.07 Å². The number of ether oxygens (including phenoxy) is 1. The number of nitrogens with zero attached hydrogens (tertiary/aromatic N) is 1. The maximum absolute atomic E-state index is 13.5. The van der Waals surface area contributed by atoms with Crippen molar-refractivity contribution in [1.29, 1.82) is 5.26 Å². The van der Waals surface area contributed by atoms with E-state index in [4.69, 9.17) is 4.74 Å². The molecule has 5 heteroatoms. The number of carbonyl (C=O) groups excluding carboxylic acids is 1. The normalized spacial score (nSPS) is 17.8. The van der Waals surface area contributed by atoms with Gasteiger partial charge in [-0.1, -0.05) is 12.1 Å². The predicted molar refractivity (Wildman–Crippen MR) is 62.3 cm³/mol. The summed E-state index contributed by atoms with van der Waals surface area (Å²) in [5.41, 5.74) is -0.990. The summed E-state index contributed by atoms with van der Waals surface area (Å²) in [4.78, 5) is 12.0. The molecule has 1 fully saturated rings. The van der Waals surface area contributed by atoms with Crippen molar-refractivity contribution >= 4 is 5.91 Å². The molecule has 1 amide bonds. The monoisotopic (exact) mass is 248 g/mol. The topological polar surface area (TPSA) is 62.1 Å². The molecule has 0 saturated carbocycles. The average molecular weight is 248 g/mol. The van der Waals surface area contributed by atoms with Crippen molar-refractivity contribution in [3.63, 3.8) is 0 Å². The quantitative estimate of drug-likeness (QED) is 0.865. The fourth-order valence-corrected chi connectivity index (χ4v) is 1.91. The summed E-state index contributed by atoms with van der Waals surface area (Å²) in [5, 5.41) is 11.8. The van der Waals surface area contributed by atoms with Crippen LogP contribution >= 0.6 is 0 Å². The zero-order chi connectivity index (χ0) is 13.0. The molecule has 4 nitrogen and oxygen atoms in total. The fourth-order valence-electron chi connectivity index (χ4n) is 1.91. The van der Waals surface area contributed by atoms with Crippen LogP contribution in [0.4, 0.5) is 4.39 Å². The molecule has 0 aromatic heterocycles. The summed E-state index contributed by atoms with van der Waals surface area (Å²) < 4.78 is 18.6. The molecule has 2 rings (SSSR count). The van der Waals surface area contributed by atoms with E-state index in [-0.39, 0.29) is 5.56 Å². The largest absolute Gasteiger partial charge is 0.381 e. The smallest absolute Gasteiger partial charge is 0.255 e. The van der Waals surface area contributed by atoms with Gasteiger partial charge in [-0.15, -0.1) is 0 Å². The van der Waals surface area contributed by atoms with E-state index in [0.717, 1.165) is 0 Å². The number of carbonyl (C=O) groups is 1. The Morgan fingerprint density at radius 1 is 1.39 bits per heavy atom. The number of nitrogens with one attached hydrogen (secondary N) is 1. The van der Waals surface area contributed by atoms with E-state index in [9.17, 15) is 14.4 Å². The van der Waals surface area contributed by atoms with Crippen molar-refractivity contribution in [2.24, 2.45) is 0 Å². The molecule has 0 radical (unpaired) electrons. The molecule has 0 spiro atoms. The van der Waals surface area contributed by atoms with Gasteiger partial charge >= 0.3 is 0 Å². The van der Waals surface area contributed by atoms with Crippen LogP contribution < -0.4 is 5.32 Å². The highest BCUT2D eigenvalue weighted by Crippen LogP contribution is 2.20. The molecule has 0 aliphatic carbocycles. The number of hydrogen-bond acceptors (Lipinski definition) is 3. The second-order valence-corrected chi connectivity index (χ2v) is 4.24. The second kappa shape index (κ2) is 5.15. The highest BCUT2D eigenvalue weighted by atomic mass is 19.1. The molecule has 1 aliphatic rings. The maximum atomic E-state index is 13.5. The molecule has 0 unspecified atom stereocenters. The van der Waals surface area contributed by atoms with E-state index in [0.29, 0.717) is 26.1 Å². The van der Waals surface area contributed by atoms with Gasteiger partial charge in [-0.25, -0.2) is 4.39 Å². The van der Waals surface area contributed by atoms with Gasteiger partial charge in [0.2, 0.25) is 0 Å². The third-order valence-electron chi connectivity index (χ3n) is 3.03. The predicted octanol–water partition coefficient (Wildman–Crippen LogP) is 1.63. The van der Waals surface area contributed by atoms with Crippen molar-refractivity contribution < 1.29 is 13.9 Å². The van der Waals surface area contributed by atoms with Crippen molar-refractivity contribution in [3.8, 4) is 6.07 Å². The van der Waals surface area contributed by atoms with E-state index in [1.165, 1.54) is 18.2 Å². The Morgan fingerprint density at radius 3 is 2.67 bits per heavy atom. The number of nitriles is 1. The SMILES string of the molecule is N#CC1(NC(=O)c2ccccc2F)CCOCC1. The van der Waals surface area contributed by atoms with E-state index < -0.39 is 17.3 Å². The lowest BCUT2D eigenvalue weighted by Crippen LogP contribution is -2.51. The van der Waals surface area contributed by atoms with Crippen LogP contribution in [-0.4, -0.2) is 24.7 Å². The van der Waals surface area contributed by atoms with E-state index in [2.05, 4.69) is 11.4 Å². The number of hydrogen-bond donors (Lipinski definition) is 1. The van der Waals surface area contributed by atoms with E-state index >= 15 is 0 Å². The third kappa shape index (κ3) is 2.49. The van der Waals surface area contributed by atoms with Crippen molar-refractivity contribution in [2.75, 3.05) is 13.2 Å². The molecule has 1 N–H and O–H groups in total. The van der Waals surface area contributed by atoms with Gasteiger partial charge in [0, 0.05) is 26.1 Å². The summed E-state index contributed by atoms with van der Waals surface area (Å²) in [6, 6.07) is 7.82. The van der Waals surface area contributed by atoms with Gasteiger partial charge in [-0.3, -0.25) is 4.79 Å². The van der Waals surface area contributed by atoms with Gasteiger partial charge in [0.25, 0.3) is 5.91 Å². The highest BCUT2D eigenvalue weighted by molar-refractivity contribution is 5.95. The summed E-state index contributed by atoms with van der Waals surface area (Å²) in [6.07, 6.45) is 0.841. The standard InChI is InChI=1S/C13H13FN2O2/c14-11-4-2-1-3-10(11)12(17)16-13(9-15)5-7-18-8-6-13/h1-4H,5-8H2,(H,16,17). The number of amides is 1. The minimum Gasteiger partial charge on any atom is -0.381 e. The Kier molecular flexibility index (Phi) is 3.58. The molecule has 0 bridgehead atoms. The Balaban J connectivity index is 2.16. The minimum absolute atomic E-state index is 0.0429.